The van der Waals surface area contributed by atoms with Crippen LogP contribution in [0, 0.1) is 11.3 Å². The van der Waals surface area contributed by atoms with E-state index in [1.807, 2.05) is 30.3 Å². The van der Waals surface area contributed by atoms with E-state index >= 15 is 0 Å². The van der Waals surface area contributed by atoms with Crippen LogP contribution in [0.15, 0.2) is 53.5 Å². The van der Waals surface area contributed by atoms with Gasteiger partial charge in [-0.15, -0.1) is 11.3 Å². The summed E-state index contributed by atoms with van der Waals surface area (Å²) in [6.07, 6.45) is 4.45. The normalized spacial score (nSPS) is 16.2. The van der Waals surface area contributed by atoms with E-state index in [4.69, 9.17) is 11.6 Å². The average Bonchev–Trinajstić information content (AvgIpc) is 3.12. The Morgan fingerprint density at radius 1 is 1.22 bits per heavy atom. The summed E-state index contributed by atoms with van der Waals surface area (Å²) >= 11 is 7.65. The maximum Gasteiger partial charge on any atom is 0.259 e. The molecule has 0 unspecified atom stereocenters. The molecule has 1 aliphatic carbocycles. The molecule has 1 aromatic heterocycles. The van der Waals surface area contributed by atoms with Crippen LogP contribution < -0.4 is 5.32 Å². The zero-order chi connectivity index (χ0) is 22.9. The Morgan fingerprint density at radius 2 is 1.97 bits per heavy atom. The van der Waals surface area contributed by atoms with E-state index in [1.165, 1.54) is 4.88 Å². The van der Waals surface area contributed by atoms with Gasteiger partial charge in [-0.05, 0) is 66.5 Å². The van der Waals surface area contributed by atoms with E-state index in [9.17, 15) is 9.90 Å². The molecule has 0 saturated carbocycles. The number of amides is 1. The molecule has 3 aromatic rings. The van der Waals surface area contributed by atoms with Gasteiger partial charge >= 0.3 is 0 Å². The number of aliphatic imine (C=N–C) groups is 1. The summed E-state index contributed by atoms with van der Waals surface area (Å²) in [4.78, 5) is 19.2. The molecule has 166 valence electrons. The monoisotopic (exact) mass is 466 g/mol. The van der Waals surface area contributed by atoms with Crippen LogP contribution in [0.2, 0.25) is 5.02 Å². The van der Waals surface area contributed by atoms with Gasteiger partial charge in [-0.3, -0.25) is 4.79 Å². The Morgan fingerprint density at radius 3 is 2.69 bits per heavy atom. The van der Waals surface area contributed by atoms with Gasteiger partial charge in [-0.1, -0.05) is 50.6 Å². The molecule has 1 amide bonds. The number of para-hydroxylation sites is 1. The molecule has 4 nitrogen and oxygen atoms in total. The summed E-state index contributed by atoms with van der Waals surface area (Å²) in [6.45, 7) is 6.83. The van der Waals surface area contributed by atoms with Gasteiger partial charge in [0, 0.05) is 27.4 Å². The molecule has 1 aliphatic rings. The summed E-state index contributed by atoms with van der Waals surface area (Å²) < 4.78 is 0. The molecule has 0 bridgehead atoms. The van der Waals surface area contributed by atoms with Gasteiger partial charge in [0.05, 0.1) is 5.56 Å². The topological polar surface area (TPSA) is 61.7 Å². The van der Waals surface area contributed by atoms with E-state index in [0.717, 1.165) is 30.5 Å². The molecule has 0 saturated heterocycles. The fourth-order valence-corrected chi connectivity index (χ4v) is 5.56. The van der Waals surface area contributed by atoms with Crippen LogP contribution in [0.25, 0.3) is 0 Å². The van der Waals surface area contributed by atoms with E-state index in [-0.39, 0.29) is 17.1 Å². The highest BCUT2D eigenvalue weighted by molar-refractivity contribution is 7.16. The first-order valence-corrected chi connectivity index (χ1v) is 12.0. The van der Waals surface area contributed by atoms with Crippen LogP contribution in [0.1, 0.15) is 53.6 Å². The molecule has 4 rings (SSSR count). The van der Waals surface area contributed by atoms with Crippen LogP contribution in [0.4, 0.5) is 10.7 Å². The van der Waals surface area contributed by atoms with Crippen LogP contribution >= 0.6 is 22.9 Å². The van der Waals surface area contributed by atoms with Gasteiger partial charge in [0.25, 0.3) is 5.91 Å². The fourth-order valence-electron chi connectivity index (χ4n) is 4.11. The molecule has 0 spiro atoms. The number of fused-ring (bicyclic) bond motifs is 1. The quantitative estimate of drug-likeness (QED) is 0.397. The number of phenols is 1. The molecule has 1 atom stereocenters. The molecular formula is C26H27ClN2O2S. The Labute approximate surface area is 198 Å². The molecule has 0 fully saturated rings. The molecule has 32 heavy (non-hydrogen) atoms. The van der Waals surface area contributed by atoms with Crippen molar-refractivity contribution in [3.63, 3.8) is 0 Å². The summed E-state index contributed by atoms with van der Waals surface area (Å²) in [5.74, 6) is 0.514. The van der Waals surface area contributed by atoms with E-state index in [1.54, 1.807) is 35.8 Å². The Kier molecular flexibility index (Phi) is 6.40. The summed E-state index contributed by atoms with van der Waals surface area (Å²) in [5, 5.41) is 14.3. The van der Waals surface area contributed by atoms with Crippen molar-refractivity contribution in [3.8, 4) is 5.75 Å². The maximum atomic E-state index is 13.3. The minimum absolute atomic E-state index is 0.0996. The number of benzene rings is 2. The minimum atomic E-state index is -0.148. The number of anilines is 1. The number of carbonyl (C=O) groups is 1. The first kappa shape index (κ1) is 22.6. The van der Waals surface area contributed by atoms with Gasteiger partial charge in [0.15, 0.2) is 0 Å². The number of rotatable bonds is 4. The lowest BCUT2D eigenvalue weighted by atomic mass is 9.72. The maximum absolute atomic E-state index is 13.3. The Balaban J connectivity index is 1.73. The second-order valence-corrected chi connectivity index (χ2v) is 10.8. The number of thiophene rings is 1. The van der Waals surface area contributed by atoms with Crippen LogP contribution in [-0.4, -0.2) is 17.2 Å². The number of aromatic hydroxyl groups is 1. The summed E-state index contributed by atoms with van der Waals surface area (Å²) in [6, 6.07) is 14.3. The van der Waals surface area contributed by atoms with Crippen molar-refractivity contribution in [2.24, 2.45) is 16.3 Å². The van der Waals surface area contributed by atoms with Gasteiger partial charge in [-0.25, -0.2) is 4.99 Å². The van der Waals surface area contributed by atoms with Crippen LogP contribution in [0.5, 0.6) is 5.75 Å². The molecule has 1 heterocycles. The molecule has 6 heteroatoms. The van der Waals surface area contributed by atoms with Gasteiger partial charge in [0.1, 0.15) is 10.8 Å². The number of nitrogens with one attached hydrogen (secondary N) is 1. The standard InChI is InChI=1S/C26H27ClN2O2S/c1-26(2,3)17-9-11-20-22(14-17)32-25(28-15-16-13-18(27)10-12-21(16)30)23(20)24(31)29-19-7-5-4-6-8-19/h4-8,10,12-13,15,17,30H,9,11,14H2,1-3H3,(H,29,31)/t17-/m1/s1. The second-order valence-electron chi connectivity index (χ2n) is 9.27. The first-order valence-electron chi connectivity index (χ1n) is 10.8. The number of hydrogen-bond acceptors (Lipinski definition) is 4. The van der Waals surface area contributed by atoms with Crippen molar-refractivity contribution in [2.75, 3.05) is 5.32 Å². The Bertz CT molecular complexity index is 1160. The lowest BCUT2D eigenvalue weighted by Crippen LogP contribution is -2.27. The number of nitrogens with zero attached hydrogens (tertiary/aromatic N) is 1. The minimum Gasteiger partial charge on any atom is -0.507 e. The summed E-state index contributed by atoms with van der Waals surface area (Å²) in [5.41, 5.74) is 3.23. The van der Waals surface area contributed by atoms with Gasteiger partial charge in [0.2, 0.25) is 0 Å². The molecule has 2 aromatic carbocycles. The SMILES string of the molecule is CC(C)(C)[C@@H]1CCc2c(sc(N=Cc3cc(Cl)ccc3O)c2C(=O)Nc2ccccc2)C1. The third-order valence-electron chi connectivity index (χ3n) is 6.04. The molecule has 0 radical (unpaired) electrons. The van der Waals surface area contributed by atoms with E-state index < -0.39 is 0 Å². The lowest BCUT2D eigenvalue weighted by molar-refractivity contribution is 0.102. The number of carbonyl (C=O) groups excluding carboxylic acids is 1. The smallest absolute Gasteiger partial charge is 0.259 e. The lowest BCUT2D eigenvalue weighted by Gasteiger charge is -2.33. The van der Waals surface area contributed by atoms with Gasteiger partial charge < -0.3 is 10.4 Å². The van der Waals surface area contributed by atoms with E-state index in [0.29, 0.717) is 27.1 Å². The third kappa shape index (κ3) is 4.89. The predicted molar refractivity (Wildman–Crippen MR) is 134 cm³/mol. The number of hydrogen-bond donors (Lipinski definition) is 2. The fraction of sp³-hybridized carbons (Fsp3) is 0.308. The van der Waals surface area contributed by atoms with Crippen LogP contribution in [0.3, 0.4) is 0 Å². The molecule has 2 N–H and O–H groups in total. The molecule has 0 aliphatic heterocycles. The largest absolute Gasteiger partial charge is 0.507 e. The predicted octanol–water partition coefficient (Wildman–Crippen LogP) is 7.26. The zero-order valence-corrected chi connectivity index (χ0v) is 20.1. The van der Waals surface area contributed by atoms with Crippen molar-refractivity contribution < 1.29 is 9.90 Å². The molecular weight excluding hydrogens is 440 g/mol. The third-order valence-corrected chi connectivity index (χ3v) is 7.44. The highest BCUT2D eigenvalue weighted by Crippen LogP contribution is 2.45. The van der Waals surface area contributed by atoms with Gasteiger partial charge in [-0.2, -0.15) is 0 Å². The highest BCUT2D eigenvalue weighted by Gasteiger charge is 2.33. The van der Waals surface area contributed by atoms with E-state index in [2.05, 4.69) is 31.1 Å². The Hall–Kier alpha value is -2.63. The van der Waals surface area contributed by atoms with Crippen molar-refractivity contribution >= 4 is 45.7 Å². The number of phenolic OH excluding ortho intramolecular Hbond substituents is 1. The first-order chi connectivity index (χ1) is 15.2. The highest BCUT2D eigenvalue weighted by atomic mass is 35.5. The van der Waals surface area contributed by atoms with Crippen molar-refractivity contribution in [2.45, 2.75) is 40.0 Å². The summed E-state index contributed by atoms with van der Waals surface area (Å²) in [7, 11) is 0. The average molecular weight is 467 g/mol. The van der Waals surface area contributed by atoms with Crippen molar-refractivity contribution in [1.82, 2.24) is 0 Å². The van der Waals surface area contributed by atoms with Crippen molar-refractivity contribution in [3.05, 3.63) is 75.1 Å². The van der Waals surface area contributed by atoms with Crippen molar-refractivity contribution in [1.29, 1.82) is 0 Å². The zero-order valence-electron chi connectivity index (χ0n) is 18.5. The second kappa shape index (κ2) is 9.08. The van der Waals surface area contributed by atoms with Crippen LogP contribution in [-0.2, 0) is 12.8 Å². The number of halogens is 1.